The lowest BCUT2D eigenvalue weighted by Gasteiger charge is -2.13. The van der Waals surface area contributed by atoms with E-state index in [-0.39, 0.29) is 5.91 Å². The average Bonchev–Trinajstić information content (AvgIpc) is 3.17. The molecule has 0 aliphatic carbocycles. The van der Waals surface area contributed by atoms with Gasteiger partial charge in [-0.2, -0.15) is 0 Å². The highest BCUT2D eigenvalue weighted by Crippen LogP contribution is 2.28. The maximum Gasteiger partial charge on any atom is 0.266 e. The number of nitrogens with one attached hydrogen (secondary N) is 1. The first-order chi connectivity index (χ1) is 13.6. The third-order valence-electron chi connectivity index (χ3n) is 4.28. The molecule has 0 spiro atoms. The Kier molecular flexibility index (Phi) is 5.28. The van der Waals surface area contributed by atoms with Gasteiger partial charge in [0.25, 0.3) is 5.91 Å². The average molecular weight is 409 g/mol. The normalized spacial score (nSPS) is 11.9. The van der Waals surface area contributed by atoms with Crippen LogP contribution >= 0.6 is 22.9 Å². The van der Waals surface area contributed by atoms with E-state index in [1.165, 1.54) is 16.7 Å². The summed E-state index contributed by atoms with van der Waals surface area (Å²) < 4.78 is 5.65. The summed E-state index contributed by atoms with van der Waals surface area (Å²) in [7, 11) is 0. The molecule has 0 saturated carbocycles. The van der Waals surface area contributed by atoms with E-state index in [0.717, 1.165) is 16.6 Å². The van der Waals surface area contributed by atoms with Gasteiger partial charge >= 0.3 is 0 Å². The highest BCUT2D eigenvalue weighted by atomic mass is 35.5. The Bertz CT molecular complexity index is 1120. The highest BCUT2D eigenvalue weighted by molar-refractivity contribution is 7.14. The summed E-state index contributed by atoms with van der Waals surface area (Å²) in [6, 6.07) is 21.3. The van der Waals surface area contributed by atoms with Crippen molar-refractivity contribution in [3.8, 4) is 17.0 Å². The number of hydrogen-bond donors (Lipinski definition) is 1. The lowest BCUT2D eigenvalue weighted by molar-refractivity contribution is -0.122. The van der Waals surface area contributed by atoms with Crippen LogP contribution in [0.1, 0.15) is 6.92 Å². The van der Waals surface area contributed by atoms with Crippen LogP contribution in [0, 0.1) is 0 Å². The third kappa shape index (κ3) is 4.16. The Labute approximate surface area is 171 Å². The second kappa shape index (κ2) is 8.00. The van der Waals surface area contributed by atoms with Crippen molar-refractivity contribution >= 4 is 44.7 Å². The maximum atomic E-state index is 12.4. The molecule has 4 aromatic rings. The molecule has 6 heteroatoms. The molecule has 1 unspecified atom stereocenters. The first kappa shape index (κ1) is 18.5. The fourth-order valence-corrected chi connectivity index (χ4v) is 3.64. The number of fused-ring (bicyclic) bond motifs is 1. The molecule has 4 rings (SSSR count). The Morgan fingerprint density at radius 1 is 1.07 bits per heavy atom. The number of benzene rings is 3. The van der Waals surface area contributed by atoms with E-state index >= 15 is 0 Å². The van der Waals surface area contributed by atoms with Crippen molar-refractivity contribution < 1.29 is 9.53 Å². The molecule has 0 bridgehead atoms. The van der Waals surface area contributed by atoms with Gasteiger partial charge in [-0.1, -0.05) is 48.0 Å². The number of carbonyl (C=O) groups is 1. The highest BCUT2D eigenvalue weighted by Gasteiger charge is 2.17. The van der Waals surface area contributed by atoms with Crippen molar-refractivity contribution in [2.75, 3.05) is 5.32 Å². The van der Waals surface area contributed by atoms with Gasteiger partial charge in [-0.15, -0.1) is 11.3 Å². The molecular formula is C22H17ClN2O2S. The van der Waals surface area contributed by atoms with Gasteiger partial charge in [0.05, 0.1) is 5.69 Å². The van der Waals surface area contributed by atoms with E-state index in [0.29, 0.717) is 15.9 Å². The summed E-state index contributed by atoms with van der Waals surface area (Å²) in [5, 5.41) is 8.25. The number of nitrogens with zero attached hydrogens (tertiary/aromatic N) is 1. The van der Waals surface area contributed by atoms with Crippen LogP contribution in [0.3, 0.4) is 0 Å². The van der Waals surface area contributed by atoms with Crippen molar-refractivity contribution in [1.29, 1.82) is 0 Å². The number of carbonyl (C=O) groups excluding carboxylic acids is 1. The molecule has 0 aliphatic heterocycles. The Hall–Kier alpha value is -2.89. The Balaban J connectivity index is 1.44. The zero-order valence-electron chi connectivity index (χ0n) is 15.1. The molecule has 0 saturated heterocycles. The fraction of sp³-hybridized carbons (Fsp3) is 0.0909. The molecule has 4 nitrogen and oxygen atoms in total. The first-order valence-corrected chi connectivity index (χ1v) is 10.0. The van der Waals surface area contributed by atoms with Gasteiger partial charge in [0, 0.05) is 16.0 Å². The molecule has 3 aromatic carbocycles. The standard InChI is InChI=1S/C22H17ClN2O2S/c1-14(27-19-10-8-18(23)9-11-19)21(26)25-22-24-20(13-28-22)17-7-6-15-4-2-3-5-16(15)12-17/h2-14H,1H3,(H,24,25,26). The van der Waals surface area contributed by atoms with Crippen molar-refractivity contribution in [3.05, 3.63) is 77.1 Å². The molecule has 1 amide bonds. The second-order valence-corrected chi connectivity index (χ2v) is 7.60. The summed E-state index contributed by atoms with van der Waals surface area (Å²) >= 11 is 7.25. The molecule has 1 aromatic heterocycles. The molecule has 0 fully saturated rings. The molecule has 1 heterocycles. The van der Waals surface area contributed by atoms with Gasteiger partial charge < -0.3 is 4.74 Å². The molecule has 140 valence electrons. The molecule has 1 atom stereocenters. The van der Waals surface area contributed by atoms with Crippen LogP contribution in [-0.4, -0.2) is 17.0 Å². The SMILES string of the molecule is CC(Oc1ccc(Cl)cc1)C(=O)Nc1nc(-c2ccc3ccccc3c2)cs1. The number of aromatic nitrogens is 1. The molecule has 28 heavy (non-hydrogen) atoms. The van der Waals surface area contributed by atoms with Crippen LogP contribution in [0.15, 0.2) is 72.1 Å². The van der Waals surface area contributed by atoms with E-state index in [2.05, 4.69) is 34.6 Å². The largest absolute Gasteiger partial charge is 0.481 e. The van der Waals surface area contributed by atoms with Crippen molar-refractivity contribution in [3.63, 3.8) is 0 Å². The number of hydrogen-bond acceptors (Lipinski definition) is 4. The van der Waals surface area contributed by atoms with E-state index in [1.807, 2.05) is 23.6 Å². The quantitative estimate of drug-likeness (QED) is 0.439. The van der Waals surface area contributed by atoms with Gasteiger partial charge in [0.1, 0.15) is 5.75 Å². The Morgan fingerprint density at radius 2 is 1.82 bits per heavy atom. The van der Waals surface area contributed by atoms with E-state index < -0.39 is 6.10 Å². The predicted octanol–water partition coefficient (Wildman–Crippen LogP) is 6.02. The number of thiazole rings is 1. The molecule has 0 radical (unpaired) electrons. The van der Waals surface area contributed by atoms with Gasteiger partial charge in [-0.3, -0.25) is 10.1 Å². The summed E-state index contributed by atoms with van der Waals surface area (Å²) in [5.41, 5.74) is 1.85. The van der Waals surface area contributed by atoms with E-state index in [1.54, 1.807) is 31.2 Å². The van der Waals surface area contributed by atoms with Gasteiger partial charge in [0.15, 0.2) is 11.2 Å². The Morgan fingerprint density at radius 3 is 2.61 bits per heavy atom. The second-order valence-electron chi connectivity index (χ2n) is 6.30. The summed E-state index contributed by atoms with van der Waals surface area (Å²) in [6.45, 7) is 1.70. The zero-order chi connectivity index (χ0) is 19.5. The van der Waals surface area contributed by atoms with Crippen LogP contribution in [0.4, 0.5) is 5.13 Å². The molecule has 0 aliphatic rings. The van der Waals surface area contributed by atoms with Crippen LogP contribution < -0.4 is 10.1 Å². The van der Waals surface area contributed by atoms with Crippen LogP contribution in [0.2, 0.25) is 5.02 Å². The predicted molar refractivity (Wildman–Crippen MR) is 115 cm³/mol. The van der Waals surface area contributed by atoms with E-state index in [4.69, 9.17) is 16.3 Å². The van der Waals surface area contributed by atoms with Crippen molar-refractivity contribution in [1.82, 2.24) is 4.98 Å². The number of anilines is 1. The number of ether oxygens (including phenoxy) is 1. The minimum Gasteiger partial charge on any atom is -0.481 e. The lowest BCUT2D eigenvalue weighted by atomic mass is 10.1. The number of rotatable bonds is 5. The number of halogens is 1. The van der Waals surface area contributed by atoms with Crippen molar-refractivity contribution in [2.45, 2.75) is 13.0 Å². The van der Waals surface area contributed by atoms with Crippen LogP contribution in [0.25, 0.3) is 22.0 Å². The smallest absolute Gasteiger partial charge is 0.266 e. The summed E-state index contributed by atoms with van der Waals surface area (Å²) in [5.74, 6) is 0.331. The topological polar surface area (TPSA) is 51.2 Å². The minimum absolute atomic E-state index is 0.255. The maximum absolute atomic E-state index is 12.4. The number of amides is 1. The van der Waals surface area contributed by atoms with Crippen LogP contribution in [0.5, 0.6) is 5.75 Å². The van der Waals surface area contributed by atoms with Gasteiger partial charge in [-0.05, 0) is 48.0 Å². The van der Waals surface area contributed by atoms with Crippen LogP contribution in [-0.2, 0) is 4.79 Å². The van der Waals surface area contributed by atoms with Gasteiger partial charge in [0.2, 0.25) is 0 Å². The third-order valence-corrected chi connectivity index (χ3v) is 5.28. The molecular weight excluding hydrogens is 392 g/mol. The fourth-order valence-electron chi connectivity index (χ4n) is 2.79. The van der Waals surface area contributed by atoms with E-state index in [9.17, 15) is 4.79 Å². The molecule has 1 N–H and O–H groups in total. The van der Waals surface area contributed by atoms with Gasteiger partial charge in [-0.25, -0.2) is 4.98 Å². The zero-order valence-corrected chi connectivity index (χ0v) is 16.6. The first-order valence-electron chi connectivity index (χ1n) is 8.76. The summed E-state index contributed by atoms with van der Waals surface area (Å²) in [4.78, 5) is 17.0. The monoisotopic (exact) mass is 408 g/mol. The lowest BCUT2D eigenvalue weighted by Crippen LogP contribution is -2.30. The van der Waals surface area contributed by atoms with Crippen molar-refractivity contribution in [2.24, 2.45) is 0 Å². The summed E-state index contributed by atoms with van der Waals surface area (Å²) in [6.07, 6.45) is -0.658. The minimum atomic E-state index is -0.658.